The topological polar surface area (TPSA) is 113 Å². The molecule has 1 aliphatic heterocycles. The zero-order valence-corrected chi connectivity index (χ0v) is 20.7. The molecule has 1 saturated heterocycles. The number of benzene rings is 2. The lowest BCUT2D eigenvalue weighted by Gasteiger charge is -2.27. The number of nitrogens with one attached hydrogen (secondary N) is 1. The number of hydrogen-bond donors (Lipinski definition) is 2. The number of aromatic hydroxyl groups is 1. The quantitative estimate of drug-likeness (QED) is 0.551. The van der Waals surface area contributed by atoms with Crippen LogP contribution in [0.3, 0.4) is 0 Å². The van der Waals surface area contributed by atoms with E-state index in [9.17, 15) is 27.5 Å². The fourth-order valence-electron chi connectivity index (χ4n) is 3.31. The Labute approximate surface area is 202 Å². The molecule has 2 N–H and O–H groups in total. The standard InChI is InChI=1S/C23H27FN2O6S2/c1-23(2,3)32-22(29)19(12-15-4-8-17(27)9-5-15)25-21(28)20-13-33-14-26(20)34(30,31)18-10-6-16(24)7-11-18/h4-11,19-20,27H,12-14H2,1-3H3,(H,25,28)/t19-,20-/m0/s1. The van der Waals surface area contributed by atoms with Crippen molar-refractivity contribution in [3.8, 4) is 5.75 Å². The summed E-state index contributed by atoms with van der Waals surface area (Å²) in [6.45, 7) is 5.11. The second-order valence-corrected chi connectivity index (χ2v) is 11.7. The number of halogens is 1. The Hall–Kier alpha value is -2.63. The zero-order valence-electron chi connectivity index (χ0n) is 19.0. The van der Waals surface area contributed by atoms with Gasteiger partial charge in [-0.2, -0.15) is 4.31 Å². The first kappa shape index (κ1) is 26.0. The Kier molecular flexibility index (Phi) is 7.89. The number of phenols is 1. The van der Waals surface area contributed by atoms with E-state index >= 15 is 0 Å². The van der Waals surface area contributed by atoms with Crippen LogP contribution in [0.1, 0.15) is 26.3 Å². The van der Waals surface area contributed by atoms with Gasteiger partial charge in [-0.1, -0.05) is 12.1 Å². The minimum absolute atomic E-state index is 0.0485. The van der Waals surface area contributed by atoms with Crippen molar-refractivity contribution in [2.45, 2.75) is 49.8 Å². The highest BCUT2D eigenvalue weighted by Gasteiger charge is 2.41. The fourth-order valence-corrected chi connectivity index (χ4v) is 6.46. The molecule has 0 aliphatic carbocycles. The molecule has 0 spiro atoms. The minimum atomic E-state index is -4.06. The van der Waals surface area contributed by atoms with Crippen LogP contribution in [0.4, 0.5) is 4.39 Å². The van der Waals surface area contributed by atoms with Gasteiger partial charge in [0.05, 0.1) is 10.8 Å². The normalized spacial score (nSPS) is 17.8. The predicted octanol–water partition coefficient (Wildman–Crippen LogP) is 2.66. The van der Waals surface area contributed by atoms with Crippen molar-refractivity contribution < 1.29 is 32.2 Å². The molecule has 2 aromatic carbocycles. The highest BCUT2D eigenvalue weighted by molar-refractivity contribution is 8.00. The van der Waals surface area contributed by atoms with Crippen LogP contribution in [0.2, 0.25) is 0 Å². The third-order valence-corrected chi connectivity index (χ3v) is 7.99. The van der Waals surface area contributed by atoms with Gasteiger partial charge in [-0.15, -0.1) is 11.8 Å². The molecule has 2 atom stereocenters. The minimum Gasteiger partial charge on any atom is -0.508 e. The van der Waals surface area contributed by atoms with E-state index in [1.54, 1.807) is 32.9 Å². The Morgan fingerprint density at radius 2 is 1.79 bits per heavy atom. The van der Waals surface area contributed by atoms with E-state index in [0.717, 1.165) is 28.6 Å². The van der Waals surface area contributed by atoms with E-state index in [1.165, 1.54) is 23.9 Å². The van der Waals surface area contributed by atoms with Gasteiger partial charge in [-0.25, -0.2) is 17.6 Å². The third-order valence-electron chi connectivity index (χ3n) is 4.95. The molecule has 0 saturated carbocycles. The number of ether oxygens (including phenoxy) is 1. The molecule has 3 rings (SSSR count). The second-order valence-electron chi connectivity index (χ2n) is 8.83. The number of hydrogen-bond acceptors (Lipinski definition) is 7. The molecular weight excluding hydrogens is 483 g/mol. The van der Waals surface area contributed by atoms with Crippen LogP contribution in [0.25, 0.3) is 0 Å². The monoisotopic (exact) mass is 510 g/mol. The summed E-state index contributed by atoms with van der Waals surface area (Å²) in [5.74, 6) is -1.55. The van der Waals surface area contributed by atoms with Crippen molar-refractivity contribution in [1.29, 1.82) is 0 Å². The average Bonchev–Trinajstić information content (AvgIpc) is 3.25. The van der Waals surface area contributed by atoms with Crippen molar-refractivity contribution in [3.05, 3.63) is 59.9 Å². The van der Waals surface area contributed by atoms with E-state index in [1.807, 2.05) is 0 Å². The highest BCUT2D eigenvalue weighted by atomic mass is 32.2. The van der Waals surface area contributed by atoms with Gasteiger partial charge in [0.15, 0.2) is 0 Å². The summed E-state index contributed by atoms with van der Waals surface area (Å²) < 4.78 is 45.9. The van der Waals surface area contributed by atoms with Crippen LogP contribution < -0.4 is 5.32 Å². The van der Waals surface area contributed by atoms with Crippen LogP contribution in [-0.2, 0) is 30.8 Å². The first-order valence-electron chi connectivity index (χ1n) is 10.5. The molecule has 34 heavy (non-hydrogen) atoms. The Morgan fingerprint density at radius 1 is 1.18 bits per heavy atom. The van der Waals surface area contributed by atoms with Crippen LogP contribution in [0, 0.1) is 5.82 Å². The number of phenolic OH excluding ortho intramolecular Hbond substituents is 1. The Morgan fingerprint density at radius 3 is 2.38 bits per heavy atom. The summed E-state index contributed by atoms with van der Waals surface area (Å²) in [5, 5.41) is 12.2. The third kappa shape index (κ3) is 6.49. The number of thioether (sulfide) groups is 1. The maximum atomic E-state index is 13.3. The molecule has 0 unspecified atom stereocenters. The fraction of sp³-hybridized carbons (Fsp3) is 0.391. The van der Waals surface area contributed by atoms with Crippen LogP contribution in [0.15, 0.2) is 53.4 Å². The van der Waals surface area contributed by atoms with Crippen molar-refractivity contribution in [1.82, 2.24) is 9.62 Å². The number of carbonyl (C=O) groups excluding carboxylic acids is 2. The lowest BCUT2D eigenvalue weighted by molar-refractivity contribution is -0.158. The van der Waals surface area contributed by atoms with Gasteiger partial charge >= 0.3 is 5.97 Å². The SMILES string of the molecule is CC(C)(C)OC(=O)[C@H](Cc1ccc(O)cc1)NC(=O)[C@@H]1CSCN1S(=O)(=O)c1ccc(F)cc1. The lowest BCUT2D eigenvalue weighted by Crippen LogP contribution is -2.53. The summed E-state index contributed by atoms with van der Waals surface area (Å²) in [7, 11) is -4.06. The molecule has 1 amide bonds. The number of sulfonamides is 1. The Balaban J connectivity index is 1.81. The zero-order chi connectivity index (χ0) is 25.1. The summed E-state index contributed by atoms with van der Waals surface area (Å²) in [4.78, 5) is 25.9. The van der Waals surface area contributed by atoms with E-state index in [0.29, 0.717) is 5.56 Å². The van der Waals surface area contributed by atoms with Gasteiger partial charge < -0.3 is 15.2 Å². The van der Waals surface area contributed by atoms with E-state index in [4.69, 9.17) is 4.74 Å². The maximum Gasteiger partial charge on any atom is 0.329 e. The number of rotatable bonds is 7. The van der Waals surface area contributed by atoms with E-state index < -0.39 is 45.4 Å². The van der Waals surface area contributed by atoms with Gasteiger partial charge in [-0.3, -0.25) is 4.79 Å². The Bertz CT molecular complexity index is 1130. The van der Waals surface area contributed by atoms with Crippen molar-refractivity contribution in [2.75, 3.05) is 11.6 Å². The molecule has 1 fully saturated rings. The first-order chi connectivity index (χ1) is 15.9. The molecule has 8 nitrogen and oxygen atoms in total. The van der Waals surface area contributed by atoms with Gasteiger partial charge in [0.1, 0.15) is 29.3 Å². The summed E-state index contributed by atoms with van der Waals surface area (Å²) >= 11 is 1.26. The van der Waals surface area contributed by atoms with Crippen LogP contribution in [0.5, 0.6) is 5.75 Å². The average molecular weight is 511 g/mol. The molecule has 0 radical (unpaired) electrons. The second kappa shape index (κ2) is 10.3. The van der Waals surface area contributed by atoms with Crippen molar-refractivity contribution in [2.24, 2.45) is 0 Å². The molecule has 11 heteroatoms. The lowest BCUT2D eigenvalue weighted by atomic mass is 10.0. The summed E-state index contributed by atoms with van der Waals surface area (Å²) in [5.41, 5.74) is -0.124. The van der Waals surface area contributed by atoms with Crippen LogP contribution >= 0.6 is 11.8 Å². The largest absolute Gasteiger partial charge is 0.508 e. The molecule has 2 aromatic rings. The smallest absolute Gasteiger partial charge is 0.329 e. The number of amides is 1. The number of esters is 1. The molecular formula is C23H27FN2O6S2. The number of carbonyl (C=O) groups is 2. The van der Waals surface area contributed by atoms with Crippen molar-refractivity contribution >= 4 is 33.7 Å². The van der Waals surface area contributed by atoms with Gasteiger partial charge in [0.2, 0.25) is 15.9 Å². The maximum absolute atomic E-state index is 13.3. The molecule has 1 heterocycles. The highest BCUT2D eigenvalue weighted by Crippen LogP contribution is 2.29. The van der Waals surface area contributed by atoms with Crippen LogP contribution in [-0.4, -0.2) is 59.0 Å². The first-order valence-corrected chi connectivity index (χ1v) is 13.1. The van der Waals surface area contributed by atoms with E-state index in [-0.39, 0.29) is 28.7 Å². The molecule has 0 aromatic heterocycles. The summed E-state index contributed by atoms with van der Waals surface area (Å²) in [6, 6.07) is 8.44. The van der Waals surface area contributed by atoms with Gasteiger partial charge in [0, 0.05) is 12.2 Å². The van der Waals surface area contributed by atoms with Gasteiger partial charge in [0.25, 0.3) is 0 Å². The van der Waals surface area contributed by atoms with E-state index in [2.05, 4.69) is 5.32 Å². The predicted molar refractivity (Wildman–Crippen MR) is 126 cm³/mol. The molecule has 0 bridgehead atoms. The molecule has 1 aliphatic rings. The summed E-state index contributed by atoms with van der Waals surface area (Å²) in [6.07, 6.45) is 0.0888. The van der Waals surface area contributed by atoms with Gasteiger partial charge in [-0.05, 0) is 62.7 Å². The number of nitrogens with zero attached hydrogens (tertiary/aromatic N) is 1. The molecule has 184 valence electrons. The van der Waals surface area contributed by atoms with Crippen molar-refractivity contribution in [3.63, 3.8) is 0 Å².